The molecular formula is C17H17ClN4S. The summed E-state index contributed by atoms with van der Waals surface area (Å²) in [4.78, 5) is 3.81. The molecule has 6 heteroatoms. The van der Waals surface area contributed by atoms with Crippen LogP contribution in [0.25, 0.3) is 0 Å². The summed E-state index contributed by atoms with van der Waals surface area (Å²) < 4.78 is 13.3. The van der Waals surface area contributed by atoms with E-state index >= 15 is 0 Å². The number of hydrogen-bond acceptors (Lipinski definition) is 3. The summed E-state index contributed by atoms with van der Waals surface area (Å²) in [6.07, 6.45) is 1.78. The Bertz CT molecular complexity index is 842. The van der Waals surface area contributed by atoms with E-state index in [0.29, 0.717) is 27.9 Å². The van der Waals surface area contributed by atoms with Crippen LogP contribution in [0.1, 0.15) is 18.1 Å². The number of benzene rings is 2. The van der Waals surface area contributed by atoms with Gasteiger partial charge < -0.3 is 0 Å². The monoisotopic (exact) mass is 344 g/mol. The van der Waals surface area contributed by atoms with Crippen molar-refractivity contribution in [3.8, 4) is 6.19 Å². The molecular weight excluding hydrogens is 328 g/mol. The van der Waals surface area contributed by atoms with E-state index in [2.05, 4.69) is 9.36 Å². The molecule has 0 aromatic heterocycles. The first kappa shape index (κ1) is 17.2. The van der Waals surface area contributed by atoms with Crippen molar-refractivity contribution in [2.45, 2.75) is 12.7 Å². The van der Waals surface area contributed by atoms with E-state index in [1.807, 2.05) is 37.3 Å². The van der Waals surface area contributed by atoms with Gasteiger partial charge in [-0.25, -0.2) is 0 Å². The molecule has 1 N–H and O–H groups in total. The number of halogens is 1. The molecule has 2 rings (SSSR count). The molecule has 2 aromatic rings. The molecule has 4 nitrogen and oxygen atoms in total. The molecule has 0 heterocycles. The minimum absolute atomic E-state index is 0.298. The second kappa shape index (κ2) is 7.91. The third kappa shape index (κ3) is 4.92. The van der Waals surface area contributed by atoms with Gasteiger partial charge in [-0.15, -0.1) is 0 Å². The molecule has 2 aromatic carbocycles. The van der Waals surface area contributed by atoms with Gasteiger partial charge in [0.2, 0.25) is 6.19 Å². The highest BCUT2D eigenvalue weighted by Crippen LogP contribution is 2.15. The normalized spacial score (nSPS) is 13.9. The van der Waals surface area contributed by atoms with Crippen LogP contribution in [0.5, 0.6) is 0 Å². The summed E-state index contributed by atoms with van der Waals surface area (Å²) in [5, 5.41) is 9.54. The quantitative estimate of drug-likeness (QED) is 0.478. The molecule has 0 radical (unpaired) electrons. The maximum atomic E-state index is 8.94. The number of hydrogen-bond donors (Lipinski definition) is 1. The van der Waals surface area contributed by atoms with Crippen molar-refractivity contribution in [1.29, 1.82) is 10.0 Å². The summed E-state index contributed by atoms with van der Waals surface area (Å²) >= 11 is 5.89. The molecule has 118 valence electrons. The number of nitrogens with one attached hydrogen (secondary N) is 1. The lowest BCUT2D eigenvalue weighted by Gasteiger charge is -2.12. The van der Waals surface area contributed by atoms with Crippen molar-refractivity contribution in [3.05, 3.63) is 70.7 Å². The zero-order valence-electron chi connectivity index (χ0n) is 12.7. The average Bonchev–Trinajstić information content (AvgIpc) is 2.56. The van der Waals surface area contributed by atoms with Gasteiger partial charge in [-0.2, -0.15) is 14.6 Å². The molecule has 1 atom stereocenters. The molecule has 0 saturated carbocycles. The van der Waals surface area contributed by atoms with Gasteiger partial charge in [0.1, 0.15) is 0 Å². The standard InChI is InChI=1S/C17H17ClN4S/c1-2-23(20,12-14-6-4-3-5-7-14)22-17(21-13-19)15-8-10-16(18)11-9-15/h3-11,20H,2,12H2,1H3. The van der Waals surface area contributed by atoms with E-state index in [1.54, 1.807) is 30.5 Å². The lowest BCUT2D eigenvalue weighted by Crippen LogP contribution is -2.09. The van der Waals surface area contributed by atoms with Crippen molar-refractivity contribution in [1.82, 2.24) is 0 Å². The summed E-state index contributed by atoms with van der Waals surface area (Å²) in [7, 11) is -2.05. The van der Waals surface area contributed by atoms with Crippen LogP contribution in [0, 0.1) is 16.2 Å². The van der Waals surface area contributed by atoms with Gasteiger partial charge >= 0.3 is 0 Å². The van der Waals surface area contributed by atoms with Gasteiger partial charge in [-0.05, 0) is 29.8 Å². The Morgan fingerprint density at radius 1 is 1.17 bits per heavy atom. The van der Waals surface area contributed by atoms with Crippen LogP contribution in [0.2, 0.25) is 5.02 Å². The Morgan fingerprint density at radius 3 is 2.39 bits per heavy atom. The Kier molecular flexibility index (Phi) is 5.91. The van der Waals surface area contributed by atoms with Gasteiger partial charge in [0.25, 0.3) is 0 Å². The van der Waals surface area contributed by atoms with Gasteiger partial charge in [0.15, 0.2) is 5.84 Å². The molecule has 23 heavy (non-hydrogen) atoms. The first-order chi connectivity index (χ1) is 11.1. The largest absolute Gasteiger partial charge is 0.269 e. The molecule has 0 saturated heterocycles. The zero-order chi connectivity index (χ0) is 16.7. The number of nitrogens with zero attached hydrogens (tertiary/aromatic N) is 3. The molecule has 0 aliphatic heterocycles. The Balaban J connectivity index is 2.43. The SMILES string of the molecule is CCS(=N)(Cc1ccccc1)=NC(=NC#N)c1ccc(Cl)cc1. The van der Waals surface area contributed by atoms with E-state index in [0.717, 1.165) is 5.56 Å². The molecule has 0 fully saturated rings. The molecule has 0 amide bonds. The minimum atomic E-state index is -2.05. The second-order valence-corrected chi connectivity index (χ2v) is 8.06. The second-order valence-electron chi connectivity index (χ2n) is 4.89. The highest BCUT2D eigenvalue weighted by Gasteiger charge is 2.09. The van der Waals surface area contributed by atoms with Crippen molar-refractivity contribution in [3.63, 3.8) is 0 Å². The fraction of sp³-hybridized carbons (Fsp3) is 0.176. The summed E-state index contributed by atoms with van der Waals surface area (Å²) in [5.41, 5.74) is 1.76. The predicted octanol–water partition coefficient (Wildman–Crippen LogP) is 4.89. The topological polar surface area (TPSA) is 72.4 Å². The van der Waals surface area contributed by atoms with Gasteiger partial charge in [-0.3, -0.25) is 4.78 Å². The van der Waals surface area contributed by atoms with Crippen LogP contribution in [0.4, 0.5) is 0 Å². The fourth-order valence-electron chi connectivity index (χ4n) is 2.00. The van der Waals surface area contributed by atoms with Gasteiger partial charge in [-0.1, -0.05) is 58.5 Å². The van der Waals surface area contributed by atoms with Crippen LogP contribution in [-0.4, -0.2) is 11.6 Å². The van der Waals surface area contributed by atoms with Crippen LogP contribution >= 0.6 is 11.6 Å². The average molecular weight is 345 g/mol. The summed E-state index contributed by atoms with van der Waals surface area (Å²) in [5.74, 6) is 1.44. The van der Waals surface area contributed by atoms with Crippen molar-refractivity contribution >= 4 is 27.1 Å². The van der Waals surface area contributed by atoms with E-state index in [9.17, 15) is 0 Å². The molecule has 0 spiro atoms. The molecule has 0 aliphatic carbocycles. The van der Waals surface area contributed by atoms with Crippen LogP contribution in [0.3, 0.4) is 0 Å². The van der Waals surface area contributed by atoms with E-state index in [-0.39, 0.29) is 0 Å². The Hall–Kier alpha value is -2.16. The lowest BCUT2D eigenvalue weighted by molar-refractivity contribution is 1.32. The van der Waals surface area contributed by atoms with Crippen LogP contribution < -0.4 is 0 Å². The van der Waals surface area contributed by atoms with Crippen LogP contribution in [0.15, 0.2) is 64.0 Å². The smallest absolute Gasteiger partial charge is 0.207 e. The van der Waals surface area contributed by atoms with Crippen molar-refractivity contribution in [2.24, 2.45) is 9.36 Å². The summed E-state index contributed by atoms with van der Waals surface area (Å²) in [6, 6.07) is 16.8. The van der Waals surface area contributed by atoms with Crippen molar-refractivity contribution < 1.29 is 0 Å². The first-order valence-electron chi connectivity index (χ1n) is 7.09. The highest BCUT2D eigenvalue weighted by molar-refractivity contribution is 7.94. The van der Waals surface area contributed by atoms with E-state index in [1.165, 1.54) is 0 Å². The Morgan fingerprint density at radius 2 is 1.83 bits per heavy atom. The number of rotatable bonds is 4. The number of nitriles is 1. The number of aliphatic imine (C=N–C) groups is 1. The minimum Gasteiger partial charge on any atom is -0.269 e. The predicted molar refractivity (Wildman–Crippen MR) is 96.8 cm³/mol. The van der Waals surface area contributed by atoms with Crippen LogP contribution in [-0.2, 0) is 15.4 Å². The maximum absolute atomic E-state index is 8.94. The maximum Gasteiger partial charge on any atom is 0.207 e. The first-order valence-corrected chi connectivity index (χ1v) is 9.40. The lowest BCUT2D eigenvalue weighted by atomic mass is 10.2. The third-order valence-corrected chi connectivity index (χ3v) is 5.79. The highest BCUT2D eigenvalue weighted by atomic mass is 35.5. The molecule has 1 unspecified atom stereocenters. The van der Waals surface area contributed by atoms with E-state index < -0.39 is 9.62 Å². The fourth-order valence-corrected chi connectivity index (χ4v) is 3.74. The molecule has 0 aliphatic rings. The Labute approximate surface area is 142 Å². The van der Waals surface area contributed by atoms with E-state index in [4.69, 9.17) is 21.6 Å². The molecule has 0 bridgehead atoms. The number of amidine groups is 1. The summed E-state index contributed by atoms with van der Waals surface area (Å²) in [6.45, 7) is 1.95. The van der Waals surface area contributed by atoms with Gasteiger partial charge in [0, 0.05) is 22.1 Å². The van der Waals surface area contributed by atoms with Gasteiger partial charge in [0.05, 0.1) is 0 Å². The third-order valence-electron chi connectivity index (χ3n) is 3.25. The zero-order valence-corrected chi connectivity index (χ0v) is 14.3. The van der Waals surface area contributed by atoms with Crippen molar-refractivity contribution in [2.75, 3.05) is 5.75 Å².